The van der Waals surface area contributed by atoms with Gasteiger partial charge in [0.05, 0.1) is 0 Å². The Morgan fingerprint density at radius 3 is 2.52 bits per heavy atom. The van der Waals surface area contributed by atoms with Crippen LogP contribution in [0.2, 0.25) is 0 Å². The number of rotatable bonds is 7. The number of benzene rings is 4. The Kier molecular flexibility index (Phi) is 5.47. The summed E-state index contributed by atoms with van der Waals surface area (Å²) in [6, 6.07) is 28.1. The highest BCUT2D eigenvalue weighted by molar-refractivity contribution is 6.02. The third kappa shape index (κ3) is 3.87. The number of nitrogens with zero attached hydrogens (tertiary/aromatic N) is 1. The van der Waals surface area contributed by atoms with Crippen LogP contribution in [0.5, 0.6) is 0 Å². The van der Waals surface area contributed by atoms with Gasteiger partial charge < -0.3 is 5.11 Å². The molecule has 0 aromatic heterocycles. The highest BCUT2D eigenvalue weighted by atomic mass is 16.3. The molecule has 33 heavy (non-hydrogen) atoms. The van der Waals surface area contributed by atoms with Crippen molar-refractivity contribution in [1.29, 1.82) is 0 Å². The van der Waals surface area contributed by atoms with Gasteiger partial charge in [-0.1, -0.05) is 72.8 Å². The zero-order chi connectivity index (χ0) is 22.2. The van der Waals surface area contributed by atoms with E-state index in [9.17, 15) is 5.11 Å². The monoisotopic (exact) mass is 434 g/mol. The number of nitrogens with one attached hydrogen (secondary N) is 1. The van der Waals surface area contributed by atoms with Crippen LogP contribution in [0.15, 0.2) is 78.9 Å². The van der Waals surface area contributed by atoms with Crippen LogP contribution in [0.25, 0.3) is 33.0 Å². The highest BCUT2D eigenvalue weighted by Gasteiger charge is 2.23. The summed E-state index contributed by atoms with van der Waals surface area (Å²) in [4.78, 5) is 2.57. The number of hydrogen-bond acceptors (Lipinski definition) is 3. The second kappa shape index (κ2) is 8.75. The number of aliphatic hydroxyl groups excluding tert-OH is 1. The van der Waals surface area contributed by atoms with Gasteiger partial charge in [-0.2, -0.15) is 0 Å². The maximum atomic E-state index is 10.6. The van der Waals surface area contributed by atoms with Gasteiger partial charge in [-0.3, -0.25) is 10.2 Å². The predicted octanol–water partition coefficient (Wildman–Crippen LogP) is 5.91. The van der Waals surface area contributed by atoms with Crippen molar-refractivity contribution in [3.05, 3.63) is 95.6 Å². The molecule has 0 saturated heterocycles. The minimum atomic E-state index is -0.613. The zero-order valence-electron chi connectivity index (χ0n) is 18.9. The van der Waals surface area contributed by atoms with Crippen LogP contribution in [-0.4, -0.2) is 29.6 Å². The molecule has 3 nitrogen and oxygen atoms in total. The van der Waals surface area contributed by atoms with Crippen molar-refractivity contribution in [2.45, 2.75) is 32.0 Å². The molecule has 1 aliphatic heterocycles. The fourth-order valence-corrected chi connectivity index (χ4v) is 5.50. The number of fused-ring (bicyclic) bond motifs is 7. The fraction of sp³-hybridized carbons (Fsp3) is 0.267. The van der Waals surface area contributed by atoms with E-state index in [4.69, 9.17) is 0 Å². The molecule has 0 radical (unpaired) electrons. The van der Waals surface area contributed by atoms with E-state index in [2.05, 4.69) is 83.0 Å². The molecule has 0 bridgehead atoms. The van der Waals surface area contributed by atoms with Gasteiger partial charge in [-0.15, -0.1) is 0 Å². The standard InChI is InChI=1S/C30H30N2O/c33-30(22-13-14-28-26-9-3-4-10-27(26)29(28)19-22)31-16-5-6-17-32-18-15-25-23(20-32)12-11-21-7-1-2-8-24(21)25/h1-4,7-14,19,30-31,33H,5-6,15-18,20H2. The van der Waals surface area contributed by atoms with E-state index in [1.807, 2.05) is 6.07 Å². The molecule has 4 aromatic carbocycles. The van der Waals surface area contributed by atoms with Crippen molar-refractivity contribution >= 4 is 10.8 Å². The molecule has 0 fully saturated rings. The molecular formula is C30H30N2O. The Labute approximate surface area is 195 Å². The topological polar surface area (TPSA) is 35.5 Å². The van der Waals surface area contributed by atoms with Crippen molar-refractivity contribution in [2.75, 3.05) is 19.6 Å². The minimum Gasteiger partial charge on any atom is -0.374 e. The molecule has 2 aliphatic rings. The first-order chi connectivity index (χ1) is 16.3. The van der Waals surface area contributed by atoms with Gasteiger partial charge in [-0.25, -0.2) is 0 Å². The van der Waals surface area contributed by atoms with Crippen molar-refractivity contribution in [3.8, 4) is 22.3 Å². The molecule has 0 amide bonds. The zero-order valence-corrected chi connectivity index (χ0v) is 18.9. The lowest BCUT2D eigenvalue weighted by Crippen LogP contribution is -2.32. The lowest BCUT2D eigenvalue weighted by atomic mass is 9.80. The first kappa shape index (κ1) is 20.6. The summed E-state index contributed by atoms with van der Waals surface area (Å²) in [5.41, 5.74) is 9.11. The molecule has 6 rings (SSSR count). The molecule has 2 N–H and O–H groups in total. The first-order valence-corrected chi connectivity index (χ1v) is 12.1. The van der Waals surface area contributed by atoms with E-state index in [-0.39, 0.29) is 0 Å². The molecule has 166 valence electrons. The van der Waals surface area contributed by atoms with Crippen LogP contribution < -0.4 is 5.32 Å². The largest absolute Gasteiger partial charge is 0.374 e. The van der Waals surface area contributed by atoms with Gasteiger partial charge >= 0.3 is 0 Å². The number of aliphatic hydroxyl groups is 1. The van der Waals surface area contributed by atoms with Crippen LogP contribution >= 0.6 is 0 Å². The van der Waals surface area contributed by atoms with Crippen LogP contribution in [0, 0.1) is 0 Å². The van der Waals surface area contributed by atoms with Gasteiger partial charge in [0.1, 0.15) is 6.23 Å². The van der Waals surface area contributed by atoms with E-state index in [0.717, 1.165) is 51.0 Å². The number of hydrogen-bond donors (Lipinski definition) is 2. The first-order valence-electron chi connectivity index (χ1n) is 12.1. The van der Waals surface area contributed by atoms with E-state index in [1.165, 1.54) is 44.2 Å². The van der Waals surface area contributed by atoms with E-state index in [1.54, 1.807) is 0 Å². The van der Waals surface area contributed by atoms with E-state index >= 15 is 0 Å². The molecule has 1 aliphatic carbocycles. The van der Waals surface area contributed by atoms with Crippen LogP contribution in [0.3, 0.4) is 0 Å². The second-order valence-corrected chi connectivity index (χ2v) is 9.36. The summed E-state index contributed by atoms with van der Waals surface area (Å²) in [5, 5.41) is 16.7. The summed E-state index contributed by atoms with van der Waals surface area (Å²) >= 11 is 0. The average Bonchev–Trinajstić information content (AvgIpc) is 2.86. The maximum absolute atomic E-state index is 10.6. The van der Waals surface area contributed by atoms with Crippen molar-refractivity contribution in [2.24, 2.45) is 0 Å². The molecule has 0 spiro atoms. The van der Waals surface area contributed by atoms with Crippen molar-refractivity contribution < 1.29 is 5.11 Å². The second-order valence-electron chi connectivity index (χ2n) is 9.36. The fourth-order valence-electron chi connectivity index (χ4n) is 5.50. The smallest absolute Gasteiger partial charge is 0.131 e. The number of unbranched alkanes of at least 4 members (excludes halogenated alkanes) is 1. The maximum Gasteiger partial charge on any atom is 0.131 e. The quantitative estimate of drug-likeness (QED) is 0.247. The van der Waals surface area contributed by atoms with Crippen LogP contribution in [-0.2, 0) is 13.0 Å². The normalized spacial score (nSPS) is 15.4. The van der Waals surface area contributed by atoms with Gasteiger partial charge in [0.2, 0.25) is 0 Å². The molecular weight excluding hydrogens is 404 g/mol. The lowest BCUT2D eigenvalue weighted by Gasteiger charge is -2.29. The van der Waals surface area contributed by atoms with Gasteiger partial charge in [0.15, 0.2) is 0 Å². The Bertz CT molecular complexity index is 1310. The summed E-state index contributed by atoms with van der Waals surface area (Å²) in [5.74, 6) is 0. The molecule has 1 unspecified atom stereocenters. The average molecular weight is 435 g/mol. The van der Waals surface area contributed by atoms with Crippen molar-refractivity contribution in [1.82, 2.24) is 10.2 Å². The third-order valence-corrected chi connectivity index (χ3v) is 7.32. The summed E-state index contributed by atoms with van der Waals surface area (Å²) in [7, 11) is 0. The molecule has 3 heteroatoms. The Morgan fingerprint density at radius 2 is 1.61 bits per heavy atom. The Balaban J connectivity index is 0.980. The highest BCUT2D eigenvalue weighted by Crippen LogP contribution is 2.47. The Hall–Kier alpha value is -2.98. The van der Waals surface area contributed by atoms with Gasteiger partial charge in [0, 0.05) is 13.1 Å². The van der Waals surface area contributed by atoms with Gasteiger partial charge in [-0.05, 0) is 88.1 Å². The molecule has 4 aromatic rings. The predicted molar refractivity (Wildman–Crippen MR) is 136 cm³/mol. The minimum absolute atomic E-state index is 0.613. The van der Waals surface area contributed by atoms with Crippen LogP contribution in [0.1, 0.15) is 35.8 Å². The molecule has 1 heterocycles. The summed E-state index contributed by atoms with van der Waals surface area (Å²) < 4.78 is 0. The van der Waals surface area contributed by atoms with Crippen LogP contribution in [0.4, 0.5) is 0 Å². The summed E-state index contributed by atoms with van der Waals surface area (Å²) in [6.07, 6.45) is 2.72. The summed E-state index contributed by atoms with van der Waals surface area (Å²) in [6.45, 7) is 4.12. The van der Waals surface area contributed by atoms with E-state index in [0.29, 0.717) is 0 Å². The van der Waals surface area contributed by atoms with Gasteiger partial charge in [0.25, 0.3) is 0 Å². The molecule has 0 saturated carbocycles. The third-order valence-electron chi connectivity index (χ3n) is 7.32. The molecule has 1 atom stereocenters. The van der Waals surface area contributed by atoms with Crippen molar-refractivity contribution in [3.63, 3.8) is 0 Å². The lowest BCUT2D eigenvalue weighted by molar-refractivity contribution is 0.138. The SMILES string of the molecule is OC(NCCCCN1CCc2c(ccc3ccccc23)C1)c1ccc2c(c1)-c1ccccc1-2. The Morgan fingerprint density at radius 1 is 0.818 bits per heavy atom. The van der Waals surface area contributed by atoms with E-state index < -0.39 is 6.23 Å².